The van der Waals surface area contributed by atoms with E-state index in [0.29, 0.717) is 13.0 Å². The van der Waals surface area contributed by atoms with Crippen LogP contribution in [-0.2, 0) is 10.2 Å². The van der Waals surface area contributed by atoms with Gasteiger partial charge in [-0.3, -0.25) is 0 Å². The summed E-state index contributed by atoms with van der Waals surface area (Å²) in [6.07, 6.45) is 0.641. The number of ether oxygens (including phenoxy) is 1. The number of para-hydroxylation sites is 1. The van der Waals surface area contributed by atoms with Crippen molar-refractivity contribution in [2.45, 2.75) is 32.4 Å². The molecule has 0 radical (unpaired) electrons. The minimum Gasteiger partial charge on any atom is -0.493 e. The summed E-state index contributed by atoms with van der Waals surface area (Å²) in [4.78, 5) is 0. The molecule has 0 fully saturated rings. The van der Waals surface area contributed by atoms with E-state index in [1.54, 1.807) is 7.05 Å². The lowest BCUT2D eigenvalue weighted by molar-refractivity contribution is 0.261. The molecule has 1 aromatic rings. The van der Waals surface area contributed by atoms with Crippen LogP contribution in [0.2, 0.25) is 0 Å². The fourth-order valence-corrected chi connectivity index (χ4v) is 3.33. The molecule has 0 saturated carbocycles. The van der Waals surface area contributed by atoms with Crippen LogP contribution in [0, 0.1) is 0 Å². The Kier molecular flexibility index (Phi) is 4.13. The van der Waals surface area contributed by atoms with Gasteiger partial charge in [0, 0.05) is 25.1 Å². The van der Waals surface area contributed by atoms with Gasteiger partial charge in [-0.25, -0.2) is 0 Å². The van der Waals surface area contributed by atoms with Crippen LogP contribution in [0.25, 0.3) is 0 Å². The standard InChI is InChI=1S/C13H20N2O3S/c1-10(2)15(3)19(16,17)14-12-8-9-18-13-7-5-4-6-11(12)13/h4-7,10,12,14H,8-9H2,1-3H3/t12-/m1/s1. The lowest BCUT2D eigenvalue weighted by Gasteiger charge is -2.29. The first-order valence-electron chi connectivity index (χ1n) is 6.39. The number of benzene rings is 1. The number of rotatable bonds is 4. The highest BCUT2D eigenvalue weighted by atomic mass is 32.2. The molecule has 1 aliphatic rings. The van der Waals surface area contributed by atoms with Crippen molar-refractivity contribution in [3.63, 3.8) is 0 Å². The maximum atomic E-state index is 12.2. The Morgan fingerprint density at radius 2 is 2.05 bits per heavy atom. The van der Waals surface area contributed by atoms with Crippen molar-refractivity contribution in [1.82, 2.24) is 9.03 Å². The number of fused-ring (bicyclic) bond motifs is 1. The maximum Gasteiger partial charge on any atom is 0.279 e. The summed E-state index contributed by atoms with van der Waals surface area (Å²) in [5.41, 5.74) is 0.898. The fraction of sp³-hybridized carbons (Fsp3) is 0.538. The van der Waals surface area contributed by atoms with Crippen molar-refractivity contribution in [1.29, 1.82) is 0 Å². The second kappa shape index (κ2) is 5.48. The zero-order valence-electron chi connectivity index (χ0n) is 11.5. The Balaban J connectivity index is 2.22. The monoisotopic (exact) mass is 284 g/mol. The van der Waals surface area contributed by atoms with E-state index < -0.39 is 10.2 Å². The van der Waals surface area contributed by atoms with Crippen molar-refractivity contribution in [2.75, 3.05) is 13.7 Å². The smallest absolute Gasteiger partial charge is 0.279 e. The first-order chi connectivity index (χ1) is 8.92. The minimum absolute atomic E-state index is 0.0763. The number of hydrogen-bond acceptors (Lipinski definition) is 3. The van der Waals surface area contributed by atoms with E-state index in [1.165, 1.54) is 4.31 Å². The van der Waals surface area contributed by atoms with Crippen LogP contribution < -0.4 is 9.46 Å². The molecule has 0 amide bonds. The molecule has 2 rings (SSSR count). The lowest BCUT2D eigenvalue weighted by atomic mass is 10.0. The van der Waals surface area contributed by atoms with E-state index in [1.807, 2.05) is 38.1 Å². The topological polar surface area (TPSA) is 58.6 Å². The quantitative estimate of drug-likeness (QED) is 0.915. The van der Waals surface area contributed by atoms with Crippen molar-refractivity contribution in [2.24, 2.45) is 0 Å². The normalized spacial score (nSPS) is 19.3. The van der Waals surface area contributed by atoms with Crippen LogP contribution in [-0.4, -0.2) is 32.4 Å². The highest BCUT2D eigenvalue weighted by Gasteiger charge is 2.28. The SMILES string of the molecule is CC(C)N(C)S(=O)(=O)N[C@@H]1CCOc2ccccc21. The van der Waals surface area contributed by atoms with Crippen LogP contribution in [0.5, 0.6) is 5.75 Å². The van der Waals surface area contributed by atoms with Gasteiger partial charge in [0.15, 0.2) is 0 Å². The average molecular weight is 284 g/mol. The lowest BCUT2D eigenvalue weighted by Crippen LogP contribution is -2.44. The summed E-state index contributed by atoms with van der Waals surface area (Å²) < 4.78 is 34.1. The zero-order valence-corrected chi connectivity index (χ0v) is 12.3. The predicted molar refractivity (Wildman–Crippen MR) is 74.2 cm³/mol. The van der Waals surface area contributed by atoms with E-state index in [0.717, 1.165) is 11.3 Å². The molecule has 0 aromatic heterocycles. The van der Waals surface area contributed by atoms with Gasteiger partial charge in [-0.1, -0.05) is 18.2 Å². The average Bonchev–Trinajstić information content (AvgIpc) is 2.38. The second-order valence-corrected chi connectivity index (χ2v) is 6.72. The molecule has 0 aliphatic carbocycles. The van der Waals surface area contributed by atoms with Crippen LogP contribution in [0.3, 0.4) is 0 Å². The molecule has 1 N–H and O–H groups in total. The van der Waals surface area contributed by atoms with Crippen LogP contribution in [0.15, 0.2) is 24.3 Å². The summed E-state index contributed by atoms with van der Waals surface area (Å²) in [7, 11) is -1.89. The van der Waals surface area contributed by atoms with Gasteiger partial charge in [0.05, 0.1) is 12.6 Å². The predicted octanol–water partition coefficient (Wildman–Crippen LogP) is 1.68. The number of hydrogen-bond donors (Lipinski definition) is 1. The van der Waals surface area contributed by atoms with Crippen LogP contribution in [0.4, 0.5) is 0 Å². The molecule has 5 nitrogen and oxygen atoms in total. The molecule has 1 aliphatic heterocycles. The molecule has 6 heteroatoms. The summed E-state index contributed by atoms with van der Waals surface area (Å²) in [5.74, 6) is 0.758. The van der Waals surface area contributed by atoms with Crippen molar-refractivity contribution < 1.29 is 13.2 Å². The number of nitrogens with zero attached hydrogens (tertiary/aromatic N) is 1. The molecular weight excluding hydrogens is 264 g/mol. The molecule has 1 atom stereocenters. The highest BCUT2D eigenvalue weighted by molar-refractivity contribution is 7.87. The van der Waals surface area contributed by atoms with Crippen LogP contribution >= 0.6 is 0 Å². The summed E-state index contributed by atoms with van der Waals surface area (Å²) in [5, 5.41) is 0. The van der Waals surface area contributed by atoms with Gasteiger partial charge in [-0.15, -0.1) is 0 Å². The van der Waals surface area contributed by atoms with Crippen LogP contribution in [0.1, 0.15) is 31.9 Å². The molecule has 1 heterocycles. The summed E-state index contributed by atoms with van der Waals surface area (Å²) in [6.45, 7) is 4.21. The van der Waals surface area contributed by atoms with E-state index in [4.69, 9.17) is 4.74 Å². The molecule has 1 aromatic carbocycles. The van der Waals surface area contributed by atoms with Gasteiger partial charge in [0.2, 0.25) is 0 Å². The Bertz CT molecular complexity index is 543. The molecule has 0 spiro atoms. The van der Waals surface area contributed by atoms with E-state index in [2.05, 4.69) is 4.72 Å². The Hall–Kier alpha value is -1.11. The highest BCUT2D eigenvalue weighted by Crippen LogP contribution is 2.32. The third-order valence-corrected chi connectivity index (χ3v) is 5.12. The molecule has 0 bridgehead atoms. The third kappa shape index (κ3) is 3.08. The Morgan fingerprint density at radius 3 is 2.74 bits per heavy atom. The Labute approximate surface area is 114 Å². The second-order valence-electron chi connectivity index (χ2n) is 4.96. The van der Waals surface area contributed by atoms with Gasteiger partial charge in [-0.2, -0.15) is 17.4 Å². The molecule has 106 valence electrons. The van der Waals surface area contributed by atoms with Crippen molar-refractivity contribution in [3.05, 3.63) is 29.8 Å². The van der Waals surface area contributed by atoms with Gasteiger partial charge < -0.3 is 4.74 Å². The van der Waals surface area contributed by atoms with Gasteiger partial charge in [-0.05, 0) is 19.9 Å². The van der Waals surface area contributed by atoms with E-state index in [9.17, 15) is 8.42 Å². The fourth-order valence-electron chi connectivity index (χ4n) is 2.00. The largest absolute Gasteiger partial charge is 0.493 e. The minimum atomic E-state index is -3.47. The van der Waals surface area contributed by atoms with Gasteiger partial charge in [0.1, 0.15) is 5.75 Å². The maximum absolute atomic E-state index is 12.2. The molecule has 0 unspecified atom stereocenters. The first kappa shape index (κ1) is 14.3. The molecule has 0 saturated heterocycles. The first-order valence-corrected chi connectivity index (χ1v) is 7.83. The Morgan fingerprint density at radius 1 is 1.37 bits per heavy atom. The van der Waals surface area contributed by atoms with Crippen molar-refractivity contribution in [3.8, 4) is 5.75 Å². The molecular formula is C13H20N2O3S. The van der Waals surface area contributed by atoms with Crippen molar-refractivity contribution >= 4 is 10.2 Å². The summed E-state index contributed by atoms with van der Waals surface area (Å²) in [6, 6.07) is 7.24. The zero-order chi connectivity index (χ0) is 14.0. The van der Waals surface area contributed by atoms with Gasteiger partial charge >= 0.3 is 0 Å². The van der Waals surface area contributed by atoms with E-state index in [-0.39, 0.29) is 12.1 Å². The van der Waals surface area contributed by atoms with Gasteiger partial charge in [0.25, 0.3) is 10.2 Å². The summed E-state index contributed by atoms with van der Waals surface area (Å²) >= 11 is 0. The number of nitrogens with one attached hydrogen (secondary N) is 1. The third-order valence-electron chi connectivity index (χ3n) is 3.36. The molecule has 19 heavy (non-hydrogen) atoms. The van der Waals surface area contributed by atoms with E-state index >= 15 is 0 Å².